The SMILES string of the molecule is [O-][S+]1CCc2nc(N3CC(c4ccccc4)C3)cc(NC3CCOCC3)c21. The predicted molar refractivity (Wildman–Crippen MR) is 108 cm³/mol. The molecule has 1 aromatic heterocycles. The van der Waals surface area contributed by atoms with E-state index in [0.717, 1.165) is 67.7 Å². The summed E-state index contributed by atoms with van der Waals surface area (Å²) < 4.78 is 18.0. The van der Waals surface area contributed by atoms with Gasteiger partial charge in [-0.05, 0) is 29.6 Å². The van der Waals surface area contributed by atoms with Crippen molar-refractivity contribution in [2.75, 3.05) is 42.3 Å². The Balaban J connectivity index is 1.37. The van der Waals surface area contributed by atoms with Crippen LogP contribution < -0.4 is 10.2 Å². The number of hydrogen-bond acceptors (Lipinski definition) is 5. The number of fused-ring (bicyclic) bond motifs is 1. The largest absolute Gasteiger partial charge is 0.611 e. The maximum Gasteiger partial charge on any atom is 0.197 e. The van der Waals surface area contributed by atoms with Crippen molar-refractivity contribution in [3.8, 4) is 0 Å². The normalized spacial score (nSPS) is 23.1. The lowest BCUT2D eigenvalue weighted by atomic mass is 9.91. The Morgan fingerprint density at radius 1 is 1.15 bits per heavy atom. The van der Waals surface area contributed by atoms with Crippen molar-refractivity contribution in [3.63, 3.8) is 0 Å². The van der Waals surface area contributed by atoms with Crippen molar-refractivity contribution in [1.29, 1.82) is 0 Å². The van der Waals surface area contributed by atoms with Crippen LogP contribution in [-0.4, -0.2) is 47.6 Å². The van der Waals surface area contributed by atoms with Crippen LogP contribution in [0.5, 0.6) is 0 Å². The van der Waals surface area contributed by atoms with Gasteiger partial charge in [0.05, 0.1) is 5.69 Å². The molecule has 4 heterocycles. The fourth-order valence-corrected chi connectivity index (χ4v) is 5.58. The van der Waals surface area contributed by atoms with Crippen molar-refractivity contribution in [1.82, 2.24) is 4.98 Å². The fourth-order valence-electron chi connectivity index (χ4n) is 4.22. The maximum absolute atomic E-state index is 12.5. The molecule has 5 rings (SSSR count). The molecule has 3 aliphatic heterocycles. The number of hydrogen-bond donors (Lipinski definition) is 1. The van der Waals surface area contributed by atoms with Gasteiger partial charge in [-0.25, -0.2) is 4.98 Å². The number of ether oxygens (including phenoxy) is 1. The standard InChI is InChI=1S/C21H25N3O2S/c25-27-11-8-18-21(27)19(22-17-6-9-26-10-7-17)12-20(23-18)24-13-16(14-24)15-4-2-1-3-5-15/h1-5,12,16-17H,6-11,13-14H2,(H,22,23). The number of aromatic nitrogens is 1. The van der Waals surface area contributed by atoms with Crippen LogP contribution in [0.2, 0.25) is 0 Å². The molecule has 0 saturated carbocycles. The summed E-state index contributed by atoms with van der Waals surface area (Å²) in [6, 6.07) is 13.2. The van der Waals surface area contributed by atoms with Crippen molar-refractivity contribution in [2.45, 2.75) is 36.1 Å². The Kier molecular flexibility index (Phi) is 4.71. The summed E-state index contributed by atoms with van der Waals surface area (Å²) in [6.07, 6.45) is 2.81. The van der Waals surface area contributed by atoms with Crippen LogP contribution in [-0.2, 0) is 22.3 Å². The third-order valence-corrected chi connectivity index (χ3v) is 7.32. The van der Waals surface area contributed by atoms with Crippen LogP contribution in [0.1, 0.15) is 30.0 Å². The van der Waals surface area contributed by atoms with E-state index in [9.17, 15) is 4.55 Å². The highest BCUT2D eigenvalue weighted by Gasteiger charge is 2.35. The summed E-state index contributed by atoms with van der Waals surface area (Å²) in [4.78, 5) is 8.15. The molecular weight excluding hydrogens is 358 g/mol. The third kappa shape index (κ3) is 3.42. The molecule has 0 spiro atoms. The van der Waals surface area contributed by atoms with Crippen LogP contribution in [0.25, 0.3) is 0 Å². The summed E-state index contributed by atoms with van der Waals surface area (Å²) >= 11 is -0.931. The van der Waals surface area contributed by atoms with E-state index < -0.39 is 11.2 Å². The highest BCUT2D eigenvalue weighted by Crippen LogP contribution is 2.38. The molecule has 5 nitrogen and oxygen atoms in total. The highest BCUT2D eigenvalue weighted by atomic mass is 32.2. The number of nitrogens with zero attached hydrogens (tertiary/aromatic N) is 2. The second-order valence-corrected chi connectivity index (χ2v) is 9.15. The minimum atomic E-state index is -0.931. The number of rotatable bonds is 4. The molecule has 2 fully saturated rings. The lowest BCUT2D eigenvalue weighted by molar-refractivity contribution is 0.0904. The van der Waals surface area contributed by atoms with Crippen LogP contribution in [0, 0.1) is 0 Å². The average Bonchev–Trinajstić information content (AvgIpc) is 3.04. The lowest BCUT2D eigenvalue weighted by Gasteiger charge is -2.41. The third-order valence-electron chi connectivity index (χ3n) is 5.84. The summed E-state index contributed by atoms with van der Waals surface area (Å²) in [6.45, 7) is 3.59. The van der Waals surface area contributed by atoms with E-state index in [1.165, 1.54) is 5.56 Å². The predicted octanol–water partition coefficient (Wildman–Crippen LogP) is 2.94. The van der Waals surface area contributed by atoms with Gasteiger partial charge in [0.2, 0.25) is 0 Å². The molecule has 142 valence electrons. The van der Waals surface area contributed by atoms with Crippen molar-refractivity contribution in [2.24, 2.45) is 0 Å². The first-order valence-corrected chi connectivity index (χ1v) is 11.2. The molecule has 0 amide bonds. The van der Waals surface area contributed by atoms with E-state index in [0.29, 0.717) is 17.7 Å². The van der Waals surface area contributed by atoms with Gasteiger partial charge in [-0.3, -0.25) is 0 Å². The van der Waals surface area contributed by atoms with Crippen LogP contribution >= 0.6 is 0 Å². The number of pyridine rings is 1. The minimum absolute atomic E-state index is 0.393. The second-order valence-electron chi connectivity index (χ2n) is 7.65. The zero-order valence-corrected chi connectivity index (χ0v) is 16.2. The molecule has 6 heteroatoms. The Bertz CT molecular complexity index is 805. The van der Waals surface area contributed by atoms with Crippen LogP contribution in [0.3, 0.4) is 0 Å². The van der Waals surface area contributed by atoms with Crippen molar-refractivity contribution in [3.05, 3.63) is 47.7 Å². The smallest absolute Gasteiger partial charge is 0.197 e. The van der Waals surface area contributed by atoms with Gasteiger partial charge in [0.1, 0.15) is 17.3 Å². The van der Waals surface area contributed by atoms with E-state index >= 15 is 0 Å². The Morgan fingerprint density at radius 3 is 2.70 bits per heavy atom. The molecular formula is C21H25N3O2S. The Morgan fingerprint density at radius 2 is 1.93 bits per heavy atom. The topological polar surface area (TPSA) is 60.5 Å². The van der Waals surface area contributed by atoms with Gasteiger partial charge in [-0.15, -0.1) is 0 Å². The summed E-state index contributed by atoms with van der Waals surface area (Å²) in [5.41, 5.74) is 3.45. The summed E-state index contributed by atoms with van der Waals surface area (Å²) in [7, 11) is 0. The number of anilines is 2. The molecule has 3 aliphatic rings. The van der Waals surface area contributed by atoms with E-state index in [1.807, 2.05) is 0 Å². The lowest BCUT2D eigenvalue weighted by Crippen LogP contribution is -2.45. The second kappa shape index (κ2) is 7.34. The first kappa shape index (κ1) is 17.3. The van der Waals surface area contributed by atoms with Crippen LogP contribution in [0.4, 0.5) is 11.5 Å². The fraction of sp³-hybridized carbons (Fsp3) is 0.476. The minimum Gasteiger partial charge on any atom is -0.611 e. The van der Waals surface area contributed by atoms with E-state index in [2.05, 4.69) is 46.6 Å². The van der Waals surface area contributed by atoms with E-state index in [-0.39, 0.29) is 0 Å². The summed E-state index contributed by atoms with van der Waals surface area (Å²) in [5.74, 6) is 2.29. The zero-order valence-electron chi connectivity index (χ0n) is 15.4. The molecule has 1 N–H and O–H groups in total. The number of benzene rings is 1. The van der Waals surface area contributed by atoms with Gasteiger partial charge in [0.15, 0.2) is 4.90 Å². The Hall–Kier alpha value is -1.76. The van der Waals surface area contributed by atoms with E-state index in [1.54, 1.807) is 0 Å². The molecule has 0 bridgehead atoms. The van der Waals surface area contributed by atoms with Gasteiger partial charge in [0, 0.05) is 50.8 Å². The average molecular weight is 384 g/mol. The Labute approximate surface area is 163 Å². The molecule has 0 radical (unpaired) electrons. The van der Waals surface area contributed by atoms with Crippen molar-refractivity contribution < 1.29 is 9.29 Å². The quantitative estimate of drug-likeness (QED) is 0.823. The van der Waals surface area contributed by atoms with Gasteiger partial charge < -0.3 is 19.5 Å². The molecule has 2 aromatic rings. The first-order chi connectivity index (χ1) is 13.3. The molecule has 2 saturated heterocycles. The molecule has 27 heavy (non-hydrogen) atoms. The maximum atomic E-state index is 12.5. The van der Waals surface area contributed by atoms with Gasteiger partial charge in [-0.2, -0.15) is 0 Å². The molecule has 1 unspecified atom stereocenters. The monoisotopic (exact) mass is 383 g/mol. The zero-order chi connectivity index (χ0) is 18.2. The van der Waals surface area contributed by atoms with Crippen molar-refractivity contribution >= 4 is 22.7 Å². The summed E-state index contributed by atoms with van der Waals surface area (Å²) in [5, 5.41) is 3.66. The van der Waals surface area contributed by atoms with Gasteiger partial charge in [-0.1, -0.05) is 30.3 Å². The molecule has 0 aliphatic carbocycles. The van der Waals surface area contributed by atoms with Gasteiger partial charge >= 0.3 is 0 Å². The first-order valence-electron chi connectivity index (χ1n) is 9.84. The number of nitrogens with one attached hydrogen (secondary N) is 1. The number of aryl methyl sites for hydroxylation is 1. The van der Waals surface area contributed by atoms with E-state index in [4.69, 9.17) is 9.72 Å². The highest BCUT2D eigenvalue weighted by molar-refractivity contribution is 7.91. The molecule has 1 atom stereocenters. The molecule has 1 aromatic carbocycles. The van der Waals surface area contributed by atoms with Crippen LogP contribution in [0.15, 0.2) is 41.3 Å². The van der Waals surface area contributed by atoms with Gasteiger partial charge in [0.25, 0.3) is 0 Å².